The molecule has 0 aliphatic carbocycles. The fraction of sp³-hybridized carbons (Fsp3) is 0.259. The zero-order valence-corrected chi connectivity index (χ0v) is 21.1. The first kappa shape index (κ1) is 25.4. The number of amides is 2. The molecule has 3 aromatic carbocycles. The second-order valence-corrected chi connectivity index (χ2v) is 8.89. The van der Waals surface area contributed by atoms with E-state index in [2.05, 4.69) is 21.2 Å². The highest BCUT2D eigenvalue weighted by Gasteiger charge is 2.30. The van der Waals surface area contributed by atoms with Gasteiger partial charge in [0.25, 0.3) is 5.91 Å². The Balaban J connectivity index is 1.90. The van der Waals surface area contributed by atoms with E-state index >= 15 is 0 Å². The number of hydrogen-bond acceptors (Lipinski definition) is 3. The van der Waals surface area contributed by atoms with Crippen molar-refractivity contribution in [3.05, 3.63) is 99.3 Å². The summed E-state index contributed by atoms with van der Waals surface area (Å²) in [6.45, 7) is 3.55. The molecular formula is C27H28BrFN2O3. The molecule has 0 spiro atoms. The number of carbonyl (C=O) groups is 2. The Morgan fingerprint density at radius 1 is 1.03 bits per heavy atom. The smallest absolute Gasteiger partial charge is 0.261 e. The lowest BCUT2D eigenvalue weighted by molar-refractivity contribution is -0.142. The molecule has 34 heavy (non-hydrogen) atoms. The molecule has 0 aliphatic heterocycles. The molecule has 1 N–H and O–H groups in total. The number of likely N-dealkylation sites (N-methyl/N-ethyl adjacent to an activating group) is 1. The van der Waals surface area contributed by atoms with Crippen molar-refractivity contribution in [2.24, 2.45) is 0 Å². The van der Waals surface area contributed by atoms with Crippen molar-refractivity contribution in [2.45, 2.75) is 32.9 Å². The number of aryl methyl sites for hydroxylation is 2. The highest BCUT2D eigenvalue weighted by molar-refractivity contribution is 9.10. The van der Waals surface area contributed by atoms with Gasteiger partial charge >= 0.3 is 0 Å². The van der Waals surface area contributed by atoms with Gasteiger partial charge in [-0.1, -0.05) is 64.5 Å². The minimum atomic E-state index is -0.837. The molecule has 2 amide bonds. The van der Waals surface area contributed by atoms with Gasteiger partial charge in [0.15, 0.2) is 6.61 Å². The Morgan fingerprint density at radius 3 is 2.26 bits per heavy atom. The van der Waals surface area contributed by atoms with E-state index < -0.39 is 17.8 Å². The fourth-order valence-electron chi connectivity index (χ4n) is 3.75. The number of hydrogen-bond donors (Lipinski definition) is 1. The molecule has 1 atom stereocenters. The highest BCUT2D eigenvalue weighted by Crippen LogP contribution is 2.26. The number of rotatable bonds is 9. The van der Waals surface area contributed by atoms with Crippen LogP contribution in [-0.4, -0.2) is 36.4 Å². The summed E-state index contributed by atoms with van der Waals surface area (Å²) in [6.07, 6.45) is 0.289. The van der Waals surface area contributed by atoms with Crippen LogP contribution < -0.4 is 10.1 Å². The molecule has 3 rings (SSSR count). The number of halogens is 2. The summed E-state index contributed by atoms with van der Waals surface area (Å²) in [5.74, 6) is -0.623. The van der Waals surface area contributed by atoms with E-state index in [9.17, 15) is 14.0 Å². The highest BCUT2D eigenvalue weighted by atomic mass is 79.9. The number of nitrogens with zero attached hydrogens (tertiary/aromatic N) is 1. The van der Waals surface area contributed by atoms with E-state index in [1.165, 1.54) is 18.0 Å². The van der Waals surface area contributed by atoms with E-state index in [1.54, 1.807) is 18.2 Å². The van der Waals surface area contributed by atoms with Gasteiger partial charge in [-0.3, -0.25) is 9.59 Å². The van der Waals surface area contributed by atoms with Crippen LogP contribution in [0.25, 0.3) is 0 Å². The molecule has 0 saturated heterocycles. The predicted molar refractivity (Wildman–Crippen MR) is 134 cm³/mol. The SMILES string of the molecule is CNC(=O)[C@@H](Cc1ccccc1)N(Cc1ccccc1F)C(=O)COc1cc(C)c(Br)c(C)c1. The number of carbonyl (C=O) groups excluding carboxylic acids is 2. The lowest BCUT2D eigenvalue weighted by Gasteiger charge is -2.31. The topological polar surface area (TPSA) is 58.6 Å². The number of benzene rings is 3. The average Bonchev–Trinajstić information content (AvgIpc) is 2.84. The molecule has 0 unspecified atom stereocenters. The third kappa shape index (κ3) is 6.44. The Kier molecular flexibility index (Phi) is 8.82. The standard InChI is InChI=1S/C27H28BrFN2O3/c1-18-13-22(14-19(2)26(18)28)34-17-25(32)31(16-21-11-7-8-12-23(21)29)24(27(33)30-3)15-20-9-5-4-6-10-20/h4-14,24H,15-17H2,1-3H3,(H,30,33)/t24-/m1/s1. The quantitative estimate of drug-likeness (QED) is 0.428. The van der Waals surface area contributed by atoms with E-state index in [1.807, 2.05) is 56.3 Å². The normalized spacial score (nSPS) is 11.6. The second-order valence-electron chi connectivity index (χ2n) is 8.09. The molecule has 3 aromatic rings. The Hall–Kier alpha value is -3.19. The summed E-state index contributed by atoms with van der Waals surface area (Å²) >= 11 is 3.52. The van der Waals surface area contributed by atoms with Gasteiger partial charge in [-0.25, -0.2) is 4.39 Å². The molecule has 0 bridgehead atoms. The van der Waals surface area contributed by atoms with Crippen molar-refractivity contribution in [2.75, 3.05) is 13.7 Å². The third-order valence-corrected chi connectivity index (χ3v) is 6.84. The minimum absolute atomic E-state index is 0.0574. The molecule has 0 saturated carbocycles. The first-order valence-electron chi connectivity index (χ1n) is 11.0. The van der Waals surface area contributed by atoms with E-state index in [-0.39, 0.29) is 25.5 Å². The van der Waals surface area contributed by atoms with Crippen LogP contribution in [0.2, 0.25) is 0 Å². The molecule has 178 valence electrons. The van der Waals surface area contributed by atoms with Crippen LogP contribution in [0.5, 0.6) is 5.75 Å². The summed E-state index contributed by atoms with van der Waals surface area (Å²) in [6, 6.07) is 18.5. The summed E-state index contributed by atoms with van der Waals surface area (Å²) in [4.78, 5) is 27.7. The molecule has 0 fully saturated rings. The summed E-state index contributed by atoms with van der Waals surface area (Å²) in [5, 5.41) is 2.64. The third-order valence-electron chi connectivity index (χ3n) is 5.59. The summed E-state index contributed by atoms with van der Waals surface area (Å²) < 4.78 is 21.3. The van der Waals surface area contributed by atoms with Crippen LogP contribution in [0.3, 0.4) is 0 Å². The van der Waals surface area contributed by atoms with Gasteiger partial charge in [-0.05, 0) is 48.7 Å². The maximum Gasteiger partial charge on any atom is 0.261 e. The largest absolute Gasteiger partial charge is 0.484 e. The van der Waals surface area contributed by atoms with E-state index in [0.717, 1.165) is 21.2 Å². The summed E-state index contributed by atoms with van der Waals surface area (Å²) in [7, 11) is 1.52. The molecule has 0 radical (unpaired) electrons. The van der Waals surface area contributed by atoms with Gasteiger partial charge in [0.1, 0.15) is 17.6 Å². The maximum atomic E-state index is 14.5. The number of nitrogens with one attached hydrogen (secondary N) is 1. The zero-order valence-electron chi connectivity index (χ0n) is 19.5. The Labute approximate surface area is 208 Å². The Bertz CT molecular complexity index is 1130. The minimum Gasteiger partial charge on any atom is -0.484 e. The summed E-state index contributed by atoms with van der Waals surface area (Å²) in [5.41, 5.74) is 3.19. The first-order chi connectivity index (χ1) is 16.3. The Morgan fingerprint density at radius 2 is 1.65 bits per heavy atom. The first-order valence-corrected chi connectivity index (χ1v) is 11.8. The van der Waals surface area contributed by atoms with Crippen molar-refractivity contribution < 1.29 is 18.7 Å². The molecular weight excluding hydrogens is 499 g/mol. The van der Waals surface area contributed by atoms with E-state index in [4.69, 9.17) is 4.74 Å². The van der Waals surface area contributed by atoms with Crippen LogP contribution in [-0.2, 0) is 22.6 Å². The zero-order chi connectivity index (χ0) is 24.7. The lowest BCUT2D eigenvalue weighted by atomic mass is 10.0. The van der Waals surface area contributed by atoms with Gasteiger partial charge in [-0.2, -0.15) is 0 Å². The second kappa shape index (κ2) is 11.8. The molecule has 0 aliphatic rings. The molecule has 5 nitrogen and oxygen atoms in total. The molecule has 0 aromatic heterocycles. The predicted octanol–water partition coefficient (Wildman–Crippen LogP) is 4.97. The van der Waals surface area contributed by atoms with Crippen molar-refractivity contribution in [3.8, 4) is 5.75 Å². The van der Waals surface area contributed by atoms with Gasteiger partial charge in [0.2, 0.25) is 5.91 Å². The van der Waals surface area contributed by atoms with Crippen molar-refractivity contribution in [1.29, 1.82) is 0 Å². The molecule has 0 heterocycles. The van der Waals surface area contributed by atoms with Gasteiger partial charge < -0.3 is 15.0 Å². The monoisotopic (exact) mass is 526 g/mol. The lowest BCUT2D eigenvalue weighted by Crippen LogP contribution is -2.51. The van der Waals surface area contributed by atoms with Crippen LogP contribution in [0.4, 0.5) is 4.39 Å². The number of ether oxygens (including phenoxy) is 1. The van der Waals surface area contributed by atoms with Crippen molar-refractivity contribution >= 4 is 27.7 Å². The molecule has 7 heteroatoms. The van der Waals surface area contributed by atoms with E-state index in [0.29, 0.717) is 11.3 Å². The fourth-order valence-corrected chi connectivity index (χ4v) is 3.98. The van der Waals surface area contributed by atoms with Crippen molar-refractivity contribution in [1.82, 2.24) is 10.2 Å². The van der Waals surface area contributed by atoms with Crippen LogP contribution >= 0.6 is 15.9 Å². The van der Waals surface area contributed by atoms with Crippen molar-refractivity contribution in [3.63, 3.8) is 0 Å². The maximum absolute atomic E-state index is 14.5. The van der Waals surface area contributed by atoms with Gasteiger partial charge in [-0.15, -0.1) is 0 Å². The average molecular weight is 527 g/mol. The van der Waals surface area contributed by atoms with Crippen LogP contribution in [0.15, 0.2) is 71.2 Å². The van der Waals surface area contributed by atoms with Gasteiger partial charge in [0, 0.05) is 30.0 Å². The van der Waals surface area contributed by atoms with Crippen LogP contribution in [0, 0.1) is 19.7 Å². The van der Waals surface area contributed by atoms with Crippen LogP contribution in [0.1, 0.15) is 22.3 Å². The van der Waals surface area contributed by atoms with Gasteiger partial charge in [0.05, 0.1) is 0 Å².